The molecule has 0 spiro atoms. The van der Waals surface area contributed by atoms with Crippen molar-refractivity contribution >= 4 is 5.97 Å². The molecule has 6 heteroatoms. The molecule has 6 nitrogen and oxygen atoms in total. The molecule has 1 aliphatic heterocycles. The van der Waals surface area contributed by atoms with Crippen LogP contribution in [0.15, 0.2) is 12.1 Å². The quantitative estimate of drug-likeness (QED) is 0.782. The Labute approximate surface area is 91.0 Å². The molecule has 0 saturated carbocycles. The van der Waals surface area contributed by atoms with Crippen molar-refractivity contribution in [3.8, 4) is 17.2 Å². The number of hydrogen-bond acceptors (Lipinski definition) is 5. The number of carbonyl (C=O) groups is 1. The molecule has 1 unspecified atom stereocenters. The van der Waals surface area contributed by atoms with Crippen molar-refractivity contribution < 1.29 is 29.2 Å². The molecule has 1 heterocycles. The van der Waals surface area contributed by atoms with Crippen LogP contribution in [-0.4, -0.2) is 30.1 Å². The minimum Gasteiger partial charge on any atom is -0.493 e. The summed E-state index contributed by atoms with van der Waals surface area (Å²) in [7, 11) is 1.42. The Hall–Kier alpha value is -1.95. The van der Waals surface area contributed by atoms with E-state index in [2.05, 4.69) is 0 Å². The summed E-state index contributed by atoms with van der Waals surface area (Å²) in [6.07, 6.45) is -1.61. The summed E-state index contributed by atoms with van der Waals surface area (Å²) in [6.45, 7) is 0.0539. The van der Waals surface area contributed by atoms with E-state index in [-0.39, 0.29) is 12.4 Å². The number of carboxylic acids is 1. The van der Waals surface area contributed by atoms with Crippen LogP contribution in [0.2, 0.25) is 0 Å². The highest BCUT2D eigenvalue weighted by molar-refractivity contribution is 5.75. The second-order valence-corrected chi connectivity index (χ2v) is 3.20. The number of carboxylic acid groups (broad SMARTS) is 1. The fourth-order valence-corrected chi connectivity index (χ4v) is 1.45. The van der Waals surface area contributed by atoms with Crippen molar-refractivity contribution in [1.29, 1.82) is 0 Å². The lowest BCUT2D eigenvalue weighted by Crippen LogP contribution is -2.10. The van der Waals surface area contributed by atoms with E-state index in [4.69, 9.17) is 19.3 Å². The number of hydrogen-bond donors (Lipinski definition) is 2. The van der Waals surface area contributed by atoms with Gasteiger partial charge in [0.05, 0.1) is 7.11 Å². The lowest BCUT2D eigenvalue weighted by atomic mass is 10.1. The molecule has 2 N–H and O–H groups in total. The Kier molecular flexibility index (Phi) is 2.57. The van der Waals surface area contributed by atoms with Crippen LogP contribution in [-0.2, 0) is 4.79 Å². The van der Waals surface area contributed by atoms with Crippen molar-refractivity contribution in [2.24, 2.45) is 0 Å². The summed E-state index contributed by atoms with van der Waals surface area (Å²) in [5.74, 6) is -0.204. The Morgan fingerprint density at radius 1 is 1.50 bits per heavy atom. The van der Waals surface area contributed by atoms with Gasteiger partial charge >= 0.3 is 5.97 Å². The summed E-state index contributed by atoms with van der Waals surface area (Å²) in [5, 5.41) is 18.1. The van der Waals surface area contributed by atoms with E-state index in [9.17, 15) is 9.90 Å². The van der Waals surface area contributed by atoms with Gasteiger partial charge in [-0.05, 0) is 17.7 Å². The average molecular weight is 226 g/mol. The number of fused-ring (bicyclic) bond motifs is 1. The van der Waals surface area contributed by atoms with Crippen LogP contribution in [0.25, 0.3) is 0 Å². The molecule has 0 aromatic heterocycles. The highest BCUT2D eigenvalue weighted by Crippen LogP contribution is 2.42. The van der Waals surface area contributed by atoms with Crippen LogP contribution in [0.3, 0.4) is 0 Å². The van der Waals surface area contributed by atoms with Crippen molar-refractivity contribution in [1.82, 2.24) is 0 Å². The third-order valence-electron chi connectivity index (χ3n) is 2.23. The SMILES string of the molecule is COc1cc(C(O)C(=O)O)cc2c1OCO2. The second kappa shape index (κ2) is 3.90. The first-order chi connectivity index (χ1) is 7.63. The first-order valence-corrected chi connectivity index (χ1v) is 4.52. The molecule has 1 aliphatic rings. The van der Waals surface area contributed by atoms with Gasteiger partial charge in [-0.15, -0.1) is 0 Å². The molecule has 16 heavy (non-hydrogen) atoms. The van der Waals surface area contributed by atoms with Crippen LogP contribution in [0.1, 0.15) is 11.7 Å². The maximum Gasteiger partial charge on any atom is 0.337 e. The van der Waals surface area contributed by atoms with Crippen LogP contribution in [0.5, 0.6) is 17.2 Å². The number of rotatable bonds is 3. The Morgan fingerprint density at radius 2 is 2.25 bits per heavy atom. The molecular formula is C10H10O6. The Bertz CT molecular complexity index is 428. The van der Waals surface area contributed by atoms with Gasteiger partial charge in [0.25, 0.3) is 0 Å². The standard InChI is InChI=1S/C10H10O6/c1-14-6-2-5(8(11)10(12)13)3-7-9(6)16-4-15-7/h2-3,8,11H,4H2,1H3,(H,12,13). The molecule has 0 aliphatic carbocycles. The van der Waals surface area contributed by atoms with Crippen LogP contribution in [0, 0.1) is 0 Å². The van der Waals surface area contributed by atoms with Crippen LogP contribution < -0.4 is 14.2 Å². The van der Waals surface area contributed by atoms with E-state index < -0.39 is 12.1 Å². The van der Waals surface area contributed by atoms with Gasteiger partial charge in [-0.2, -0.15) is 0 Å². The van der Waals surface area contributed by atoms with E-state index in [1.165, 1.54) is 19.2 Å². The van der Waals surface area contributed by atoms with E-state index in [0.29, 0.717) is 17.2 Å². The van der Waals surface area contributed by atoms with Gasteiger partial charge in [-0.1, -0.05) is 0 Å². The molecule has 0 amide bonds. The molecule has 86 valence electrons. The lowest BCUT2D eigenvalue weighted by molar-refractivity contribution is -0.146. The van der Waals surface area contributed by atoms with Gasteiger partial charge in [-0.3, -0.25) is 0 Å². The maximum absolute atomic E-state index is 10.6. The predicted molar refractivity (Wildman–Crippen MR) is 51.7 cm³/mol. The lowest BCUT2D eigenvalue weighted by Gasteiger charge is -2.10. The van der Waals surface area contributed by atoms with Crippen molar-refractivity contribution in [2.45, 2.75) is 6.10 Å². The van der Waals surface area contributed by atoms with E-state index >= 15 is 0 Å². The fraction of sp³-hybridized carbons (Fsp3) is 0.300. The van der Waals surface area contributed by atoms with Gasteiger partial charge in [0, 0.05) is 0 Å². The Morgan fingerprint density at radius 3 is 2.88 bits per heavy atom. The number of methoxy groups -OCH3 is 1. The van der Waals surface area contributed by atoms with E-state index in [1.54, 1.807) is 0 Å². The molecule has 0 fully saturated rings. The smallest absolute Gasteiger partial charge is 0.337 e. The number of benzene rings is 1. The molecule has 1 aromatic carbocycles. The number of aliphatic hydroxyl groups excluding tert-OH is 1. The summed E-state index contributed by atoms with van der Waals surface area (Å²) in [6, 6.07) is 2.83. The fourth-order valence-electron chi connectivity index (χ4n) is 1.45. The van der Waals surface area contributed by atoms with Crippen LogP contribution >= 0.6 is 0 Å². The molecule has 1 atom stereocenters. The predicted octanol–water partition coefficient (Wildman–Crippen LogP) is 0.542. The van der Waals surface area contributed by atoms with Crippen molar-refractivity contribution in [3.63, 3.8) is 0 Å². The van der Waals surface area contributed by atoms with E-state index in [1.807, 2.05) is 0 Å². The van der Waals surface area contributed by atoms with Gasteiger partial charge in [-0.25, -0.2) is 4.79 Å². The minimum atomic E-state index is -1.61. The van der Waals surface area contributed by atoms with Gasteiger partial charge in [0.1, 0.15) is 0 Å². The molecule has 0 bridgehead atoms. The summed E-state index contributed by atoms with van der Waals surface area (Å²) in [4.78, 5) is 10.6. The largest absolute Gasteiger partial charge is 0.493 e. The Balaban J connectivity index is 2.45. The van der Waals surface area contributed by atoms with Gasteiger partial charge in [0.2, 0.25) is 12.5 Å². The third-order valence-corrected chi connectivity index (χ3v) is 2.23. The monoisotopic (exact) mass is 226 g/mol. The zero-order valence-electron chi connectivity index (χ0n) is 8.47. The van der Waals surface area contributed by atoms with Crippen molar-refractivity contribution in [3.05, 3.63) is 17.7 Å². The molecular weight excluding hydrogens is 216 g/mol. The highest BCUT2D eigenvalue weighted by Gasteiger charge is 2.24. The van der Waals surface area contributed by atoms with Crippen LogP contribution in [0.4, 0.5) is 0 Å². The molecule has 0 radical (unpaired) electrons. The number of ether oxygens (including phenoxy) is 3. The summed E-state index contributed by atoms with van der Waals surface area (Å²) in [5.41, 5.74) is 0.189. The first kappa shape index (κ1) is 10.6. The summed E-state index contributed by atoms with van der Waals surface area (Å²) < 4.78 is 15.3. The minimum absolute atomic E-state index is 0.0539. The number of aliphatic hydroxyl groups is 1. The molecule has 2 rings (SSSR count). The first-order valence-electron chi connectivity index (χ1n) is 4.52. The van der Waals surface area contributed by atoms with Gasteiger partial charge in [0.15, 0.2) is 17.6 Å². The number of aliphatic carboxylic acids is 1. The highest BCUT2D eigenvalue weighted by atomic mass is 16.7. The van der Waals surface area contributed by atoms with Gasteiger partial charge < -0.3 is 24.4 Å². The summed E-state index contributed by atoms with van der Waals surface area (Å²) >= 11 is 0. The molecule has 0 saturated heterocycles. The zero-order chi connectivity index (χ0) is 11.7. The second-order valence-electron chi connectivity index (χ2n) is 3.20. The third kappa shape index (κ3) is 1.63. The average Bonchev–Trinajstić information content (AvgIpc) is 2.74. The van der Waals surface area contributed by atoms with E-state index in [0.717, 1.165) is 0 Å². The topological polar surface area (TPSA) is 85.2 Å². The van der Waals surface area contributed by atoms with Crippen molar-refractivity contribution in [2.75, 3.05) is 13.9 Å². The zero-order valence-corrected chi connectivity index (χ0v) is 8.47. The maximum atomic E-state index is 10.6. The normalized spacial score (nSPS) is 14.6. The molecule has 1 aromatic rings.